The monoisotopic (exact) mass is 432 g/mol. The van der Waals surface area contributed by atoms with Gasteiger partial charge in [0, 0.05) is 17.6 Å². The van der Waals surface area contributed by atoms with Gasteiger partial charge in [-0.05, 0) is 51.8 Å². The van der Waals surface area contributed by atoms with Crippen LogP contribution in [-0.2, 0) is 9.53 Å². The van der Waals surface area contributed by atoms with Crippen LogP contribution in [0.4, 0.5) is 4.39 Å². The minimum absolute atomic E-state index is 0.0863. The molecule has 0 bridgehead atoms. The lowest BCUT2D eigenvalue weighted by atomic mass is 10.1. The van der Waals surface area contributed by atoms with E-state index in [-0.39, 0.29) is 11.6 Å². The highest BCUT2D eigenvalue weighted by Gasteiger charge is 2.23. The van der Waals surface area contributed by atoms with Crippen molar-refractivity contribution in [1.82, 2.24) is 10.2 Å². The quantitative estimate of drug-likeness (QED) is 0.754. The molecule has 140 valence electrons. The molecule has 0 spiro atoms. The predicted molar refractivity (Wildman–Crippen MR) is 103 cm³/mol. The fourth-order valence-electron chi connectivity index (χ4n) is 2.69. The maximum absolute atomic E-state index is 13.5. The number of carbonyl (C=O) groups is 2. The van der Waals surface area contributed by atoms with Crippen LogP contribution in [0.25, 0.3) is 6.08 Å². The van der Waals surface area contributed by atoms with Gasteiger partial charge in [-0.2, -0.15) is 0 Å². The van der Waals surface area contributed by atoms with Crippen molar-refractivity contribution in [3.63, 3.8) is 0 Å². The van der Waals surface area contributed by atoms with Gasteiger partial charge in [0.25, 0.3) is 11.8 Å². The molecule has 0 aromatic heterocycles. The average Bonchev–Trinajstić information content (AvgIpc) is 2.68. The third kappa shape index (κ3) is 5.02. The van der Waals surface area contributed by atoms with Crippen molar-refractivity contribution >= 4 is 33.8 Å². The second-order valence-electron chi connectivity index (χ2n) is 5.95. The maximum Gasteiger partial charge on any atom is 0.270 e. The van der Waals surface area contributed by atoms with Gasteiger partial charge in [-0.1, -0.05) is 24.3 Å². The summed E-state index contributed by atoms with van der Waals surface area (Å²) < 4.78 is 19.4. The van der Waals surface area contributed by atoms with E-state index in [0.717, 1.165) is 0 Å². The second-order valence-corrected chi connectivity index (χ2v) is 6.81. The highest BCUT2D eigenvalue weighted by molar-refractivity contribution is 9.10. The van der Waals surface area contributed by atoms with Gasteiger partial charge >= 0.3 is 0 Å². The third-order valence-corrected chi connectivity index (χ3v) is 4.75. The predicted octanol–water partition coefficient (Wildman–Crippen LogP) is 3.22. The van der Waals surface area contributed by atoms with Crippen LogP contribution < -0.4 is 5.32 Å². The third-order valence-electron chi connectivity index (χ3n) is 4.06. The maximum atomic E-state index is 13.5. The van der Waals surface area contributed by atoms with E-state index in [9.17, 15) is 14.0 Å². The summed E-state index contributed by atoms with van der Waals surface area (Å²) in [6, 6.07) is 12.8. The zero-order chi connectivity index (χ0) is 19.2. The zero-order valence-electron chi connectivity index (χ0n) is 14.5. The summed E-state index contributed by atoms with van der Waals surface area (Å²) in [5.41, 5.74) is 0.972. The molecular formula is C20H18BrFN2O3. The molecule has 0 aliphatic carbocycles. The first kappa shape index (κ1) is 19.3. The Morgan fingerprint density at radius 1 is 1.11 bits per heavy atom. The van der Waals surface area contributed by atoms with E-state index in [0.29, 0.717) is 41.9 Å². The van der Waals surface area contributed by atoms with Gasteiger partial charge in [0.15, 0.2) is 0 Å². The normalized spacial score (nSPS) is 14.7. The van der Waals surface area contributed by atoms with E-state index in [1.165, 1.54) is 18.2 Å². The first-order valence-corrected chi connectivity index (χ1v) is 9.24. The van der Waals surface area contributed by atoms with E-state index in [4.69, 9.17) is 4.74 Å². The van der Waals surface area contributed by atoms with Crippen molar-refractivity contribution in [2.75, 3.05) is 26.3 Å². The molecule has 0 unspecified atom stereocenters. The number of hydrogen-bond acceptors (Lipinski definition) is 3. The smallest absolute Gasteiger partial charge is 0.270 e. The van der Waals surface area contributed by atoms with Crippen molar-refractivity contribution in [3.8, 4) is 0 Å². The first-order valence-electron chi connectivity index (χ1n) is 8.45. The van der Waals surface area contributed by atoms with Gasteiger partial charge in [0.05, 0.1) is 18.8 Å². The zero-order valence-corrected chi connectivity index (χ0v) is 16.0. The summed E-state index contributed by atoms with van der Waals surface area (Å²) in [5, 5.41) is 2.68. The molecule has 2 aromatic rings. The molecule has 3 rings (SSSR count). The Morgan fingerprint density at radius 3 is 2.56 bits per heavy atom. The molecule has 1 aliphatic heterocycles. The van der Waals surface area contributed by atoms with Crippen LogP contribution in [0.1, 0.15) is 15.9 Å². The Morgan fingerprint density at radius 2 is 1.85 bits per heavy atom. The van der Waals surface area contributed by atoms with Crippen molar-refractivity contribution in [2.45, 2.75) is 0 Å². The Bertz CT molecular complexity index is 879. The molecule has 7 heteroatoms. The number of nitrogens with one attached hydrogen (secondary N) is 1. The summed E-state index contributed by atoms with van der Waals surface area (Å²) in [4.78, 5) is 27.2. The fourth-order valence-corrected chi connectivity index (χ4v) is 3.15. The SMILES string of the molecule is O=C(NC(=Cc1cccc(F)c1)C(=O)N1CCOCC1)c1ccccc1Br. The molecule has 0 radical (unpaired) electrons. The molecular weight excluding hydrogens is 415 g/mol. The highest BCUT2D eigenvalue weighted by atomic mass is 79.9. The number of rotatable bonds is 4. The Hall–Kier alpha value is -2.51. The molecule has 1 heterocycles. The molecule has 1 fully saturated rings. The van der Waals surface area contributed by atoms with Crippen molar-refractivity contribution in [3.05, 3.63) is 75.6 Å². The van der Waals surface area contributed by atoms with Gasteiger partial charge in [-0.15, -0.1) is 0 Å². The highest BCUT2D eigenvalue weighted by Crippen LogP contribution is 2.17. The molecule has 1 aliphatic rings. The first-order chi connectivity index (χ1) is 13.0. The number of ether oxygens (including phenoxy) is 1. The van der Waals surface area contributed by atoms with Gasteiger partial charge < -0.3 is 15.0 Å². The summed E-state index contributed by atoms with van der Waals surface area (Å²) in [6.45, 7) is 1.75. The standard InChI is InChI=1S/C20H18BrFN2O3/c21-17-7-2-1-6-16(17)19(25)23-18(13-14-4-3-5-15(22)12-14)20(26)24-8-10-27-11-9-24/h1-7,12-13H,8-11H2,(H,23,25). The molecule has 27 heavy (non-hydrogen) atoms. The summed E-state index contributed by atoms with van der Waals surface area (Å²) in [5.74, 6) is -1.17. The molecule has 1 N–H and O–H groups in total. The van der Waals surface area contributed by atoms with Crippen LogP contribution in [0.3, 0.4) is 0 Å². The Labute approximate surface area is 164 Å². The largest absolute Gasteiger partial charge is 0.378 e. The van der Waals surface area contributed by atoms with Crippen LogP contribution in [0.5, 0.6) is 0 Å². The lowest BCUT2D eigenvalue weighted by Gasteiger charge is -2.28. The molecule has 2 aromatic carbocycles. The number of nitrogens with zero attached hydrogens (tertiary/aromatic N) is 1. The Balaban J connectivity index is 1.90. The van der Waals surface area contributed by atoms with Crippen LogP contribution in [-0.4, -0.2) is 43.0 Å². The van der Waals surface area contributed by atoms with Gasteiger partial charge in [-0.25, -0.2) is 4.39 Å². The van der Waals surface area contributed by atoms with Gasteiger partial charge in [0.1, 0.15) is 11.5 Å². The lowest BCUT2D eigenvalue weighted by Crippen LogP contribution is -2.44. The van der Waals surface area contributed by atoms with E-state index in [2.05, 4.69) is 21.2 Å². The molecule has 0 saturated carbocycles. The average molecular weight is 433 g/mol. The van der Waals surface area contributed by atoms with Crippen molar-refractivity contribution in [1.29, 1.82) is 0 Å². The molecule has 5 nitrogen and oxygen atoms in total. The van der Waals surface area contributed by atoms with Crippen LogP contribution in [0, 0.1) is 5.82 Å². The van der Waals surface area contributed by atoms with Crippen LogP contribution in [0.2, 0.25) is 0 Å². The molecule has 0 atom stereocenters. The number of halogens is 2. The van der Waals surface area contributed by atoms with Gasteiger partial charge in [0.2, 0.25) is 0 Å². The van der Waals surface area contributed by atoms with E-state index >= 15 is 0 Å². The van der Waals surface area contributed by atoms with E-state index in [1.54, 1.807) is 41.3 Å². The fraction of sp³-hybridized carbons (Fsp3) is 0.200. The number of carbonyl (C=O) groups excluding carboxylic acids is 2. The summed E-state index contributed by atoms with van der Waals surface area (Å²) >= 11 is 3.34. The molecule has 1 saturated heterocycles. The van der Waals surface area contributed by atoms with Crippen molar-refractivity contribution < 1.29 is 18.7 Å². The Kier molecular flexibility index (Phi) is 6.36. The number of hydrogen-bond donors (Lipinski definition) is 1. The van der Waals surface area contributed by atoms with Crippen molar-refractivity contribution in [2.24, 2.45) is 0 Å². The lowest BCUT2D eigenvalue weighted by molar-refractivity contribution is -0.131. The van der Waals surface area contributed by atoms with E-state index in [1.807, 2.05) is 0 Å². The summed E-state index contributed by atoms with van der Waals surface area (Å²) in [6.07, 6.45) is 1.48. The number of morpholine rings is 1. The van der Waals surface area contributed by atoms with Gasteiger partial charge in [-0.3, -0.25) is 9.59 Å². The summed E-state index contributed by atoms with van der Waals surface area (Å²) in [7, 11) is 0. The number of amides is 2. The minimum atomic E-state index is -0.424. The second kappa shape index (κ2) is 8.92. The van der Waals surface area contributed by atoms with Crippen LogP contribution in [0.15, 0.2) is 58.7 Å². The number of benzene rings is 2. The molecule has 2 amide bonds. The topological polar surface area (TPSA) is 58.6 Å². The van der Waals surface area contributed by atoms with E-state index < -0.39 is 11.7 Å². The van der Waals surface area contributed by atoms with Crippen LogP contribution >= 0.6 is 15.9 Å². The minimum Gasteiger partial charge on any atom is -0.378 e.